The molecule has 1 heterocycles. The average molecular weight is 424 g/mol. The molecule has 0 aliphatic carbocycles. The molecular formula is C27H21FN2O2. The molecule has 0 saturated heterocycles. The lowest BCUT2D eigenvalue weighted by molar-refractivity contribution is -0.113. The highest BCUT2D eigenvalue weighted by Gasteiger charge is 2.18. The first kappa shape index (κ1) is 21.1. The fraction of sp³-hybridized carbons (Fsp3) is 0.0741. The molecular weight excluding hydrogens is 403 g/mol. The Bertz CT molecular complexity index is 1330. The van der Waals surface area contributed by atoms with Crippen molar-refractivity contribution in [1.29, 1.82) is 0 Å². The lowest BCUT2D eigenvalue weighted by Gasteiger charge is -2.08. The van der Waals surface area contributed by atoms with E-state index in [-0.39, 0.29) is 18.0 Å². The van der Waals surface area contributed by atoms with Gasteiger partial charge in [-0.05, 0) is 48.0 Å². The van der Waals surface area contributed by atoms with Gasteiger partial charge >= 0.3 is 0 Å². The van der Waals surface area contributed by atoms with Crippen molar-refractivity contribution in [3.05, 3.63) is 102 Å². The number of nitrogens with one attached hydrogen (secondary N) is 1. The first-order valence-electron chi connectivity index (χ1n) is 10.2. The second kappa shape index (κ2) is 8.94. The van der Waals surface area contributed by atoms with E-state index in [2.05, 4.69) is 23.3 Å². The van der Waals surface area contributed by atoms with Gasteiger partial charge in [-0.15, -0.1) is 0 Å². The fourth-order valence-corrected chi connectivity index (χ4v) is 3.74. The molecule has 0 atom stereocenters. The Balaban J connectivity index is 1.56. The number of amides is 1. The molecule has 0 aliphatic heterocycles. The Morgan fingerprint density at radius 2 is 1.62 bits per heavy atom. The SMILES string of the molecule is C=NC(=O)c1[nH]c2ccccc2c1-c1ccc(C(=C)C(=O)CCc2ccc(F)cc2)cc1. The minimum Gasteiger partial charge on any atom is -0.350 e. The summed E-state index contributed by atoms with van der Waals surface area (Å²) >= 11 is 0. The summed E-state index contributed by atoms with van der Waals surface area (Å²) in [6.07, 6.45) is 0.809. The van der Waals surface area contributed by atoms with E-state index in [0.29, 0.717) is 23.3 Å². The number of ketones is 1. The van der Waals surface area contributed by atoms with Crippen molar-refractivity contribution in [1.82, 2.24) is 4.98 Å². The Morgan fingerprint density at radius 3 is 2.31 bits per heavy atom. The van der Waals surface area contributed by atoms with Gasteiger partial charge in [0.25, 0.3) is 5.91 Å². The van der Waals surface area contributed by atoms with Gasteiger partial charge in [-0.3, -0.25) is 9.59 Å². The van der Waals surface area contributed by atoms with Crippen molar-refractivity contribution in [2.24, 2.45) is 4.99 Å². The predicted octanol–water partition coefficient (Wildman–Crippen LogP) is 6.03. The van der Waals surface area contributed by atoms with Crippen LogP contribution >= 0.6 is 0 Å². The first-order chi connectivity index (χ1) is 15.5. The zero-order chi connectivity index (χ0) is 22.7. The quantitative estimate of drug-likeness (QED) is 0.291. The van der Waals surface area contributed by atoms with E-state index < -0.39 is 5.91 Å². The minimum absolute atomic E-state index is 0.0686. The number of carbonyl (C=O) groups is 2. The lowest BCUT2D eigenvalue weighted by atomic mass is 9.95. The number of Topliss-reactive ketones (excluding diaryl/α,β-unsaturated/α-hetero) is 1. The van der Waals surface area contributed by atoms with Crippen LogP contribution in [0.5, 0.6) is 0 Å². The number of aliphatic imine (C=N–C) groups is 1. The minimum atomic E-state index is -0.430. The second-order valence-electron chi connectivity index (χ2n) is 7.49. The summed E-state index contributed by atoms with van der Waals surface area (Å²) in [6.45, 7) is 7.31. The third-order valence-electron chi connectivity index (χ3n) is 5.48. The van der Waals surface area contributed by atoms with Crippen molar-refractivity contribution >= 4 is 34.9 Å². The third kappa shape index (κ3) is 4.18. The van der Waals surface area contributed by atoms with Crippen LogP contribution in [0.3, 0.4) is 0 Å². The summed E-state index contributed by atoms with van der Waals surface area (Å²) in [5.74, 6) is -0.796. The number of benzene rings is 3. The largest absolute Gasteiger partial charge is 0.350 e. The molecule has 32 heavy (non-hydrogen) atoms. The number of allylic oxidation sites excluding steroid dienone is 1. The molecule has 5 heteroatoms. The smallest absolute Gasteiger partial charge is 0.293 e. The van der Waals surface area contributed by atoms with Gasteiger partial charge in [-0.25, -0.2) is 9.38 Å². The average Bonchev–Trinajstić information content (AvgIpc) is 3.22. The molecule has 158 valence electrons. The molecule has 1 aromatic heterocycles. The second-order valence-corrected chi connectivity index (χ2v) is 7.49. The summed E-state index contributed by atoms with van der Waals surface area (Å²) in [6, 6.07) is 21.1. The monoisotopic (exact) mass is 424 g/mol. The van der Waals surface area contributed by atoms with Gasteiger partial charge in [0.15, 0.2) is 5.78 Å². The molecule has 4 nitrogen and oxygen atoms in total. The van der Waals surface area contributed by atoms with Crippen LogP contribution in [0.1, 0.15) is 28.0 Å². The summed E-state index contributed by atoms with van der Waals surface area (Å²) in [7, 11) is 0. The zero-order valence-corrected chi connectivity index (χ0v) is 17.4. The van der Waals surface area contributed by atoms with Crippen LogP contribution in [-0.2, 0) is 11.2 Å². The van der Waals surface area contributed by atoms with Crippen molar-refractivity contribution in [3.63, 3.8) is 0 Å². The topological polar surface area (TPSA) is 62.3 Å². The van der Waals surface area contributed by atoms with Crippen molar-refractivity contribution < 1.29 is 14.0 Å². The van der Waals surface area contributed by atoms with Gasteiger partial charge in [0.05, 0.1) is 0 Å². The van der Waals surface area contributed by atoms with Crippen LogP contribution in [0, 0.1) is 5.82 Å². The number of H-pyrrole nitrogens is 1. The molecule has 0 fully saturated rings. The van der Waals surface area contributed by atoms with Gasteiger partial charge < -0.3 is 4.98 Å². The molecule has 0 bridgehead atoms. The van der Waals surface area contributed by atoms with Gasteiger partial charge in [0.1, 0.15) is 11.5 Å². The summed E-state index contributed by atoms with van der Waals surface area (Å²) in [4.78, 5) is 31.6. The fourth-order valence-electron chi connectivity index (χ4n) is 3.74. The Morgan fingerprint density at radius 1 is 0.938 bits per heavy atom. The number of hydrogen-bond donors (Lipinski definition) is 1. The Kier molecular flexibility index (Phi) is 5.90. The Labute approximate surface area is 185 Å². The number of aryl methyl sites for hydroxylation is 1. The molecule has 0 radical (unpaired) electrons. The molecule has 0 spiro atoms. The highest BCUT2D eigenvalue weighted by atomic mass is 19.1. The molecule has 4 rings (SSSR count). The number of fused-ring (bicyclic) bond motifs is 1. The van der Waals surface area contributed by atoms with Crippen molar-refractivity contribution in [2.45, 2.75) is 12.8 Å². The maximum absolute atomic E-state index is 13.0. The van der Waals surface area contributed by atoms with E-state index in [0.717, 1.165) is 27.6 Å². The highest BCUT2D eigenvalue weighted by Crippen LogP contribution is 2.33. The first-order valence-corrected chi connectivity index (χ1v) is 10.2. The Hall–Kier alpha value is -4.12. The number of hydrogen-bond acceptors (Lipinski definition) is 2. The summed E-state index contributed by atoms with van der Waals surface area (Å²) < 4.78 is 13.0. The maximum atomic E-state index is 13.0. The van der Waals surface area contributed by atoms with Crippen LogP contribution in [0.2, 0.25) is 0 Å². The number of aromatic nitrogens is 1. The van der Waals surface area contributed by atoms with Crippen LogP contribution in [0.15, 0.2) is 84.4 Å². The summed E-state index contributed by atoms with van der Waals surface area (Å²) in [5, 5.41) is 0.904. The normalized spacial score (nSPS) is 10.8. The number of rotatable bonds is 7. The number of nitrogens with zero attached hydrogens (tertiary/aromatic N) is 1. The van der Waals surface area contributed by atoms with Gasteiger partial charge in [0.2, 0.25) is 0 Å². The number of carbonyl (C=O) groups excluding carboxylic acids is 2. The van der Waals surface area contributed by atoms with E-state index in [1.165, 1.54) is 12.1 Å². The van der Waals surface area contributed by atoms with Gasteiger partial charge in [0, 0.05) is 28.5 Å². The van der Waals surface area contributed by atoms with Crippen molar-refractivity contribution in [2.75, 3.05) is 0 Å². The highest BCUT2D eigenvalue weighted by molar-refractivity contribution is 6.20. The number of aromatic amines is 1. The summed E-state index contributed by atoms with van der Waals surface area (Å²) in [5.41, 5.74) is 4.81. The van der Waals surface area contributed by atoms with Crippen molar-refractivity contribution in [3.8, 4) is 11.1 Å². The molecule has 1 N–H and O–H groups in total. The molecule has 4 aromatic rings. The molecule has 0 aliphatic rings. The third-order valence-corrected chi connectivity index (χ3v) is 5.48. The zero-order valence-electron chi connectivity index (χ0n) is 17.4. The van der Waals surface area contributed by atoms with E-state index in [1.807, 2.05) is 48.5 Å². The molecule has 0 saturated carbocycles. The molecule has 3 aromatic carbocycles. The van der Waals surface area contributed by atoms with E-state index in [4.69, 9.17) is 0 Å². The van der Waals surface area contributed by atoms with Crippen LogP contribution in [0.4, 0.5) is 4.39 Å². The van der Waals surface area contributed by atoms with E-state index in [9.17, 15) is 14.0 Å². The lowest BCUT2D eigenvalue weighted by Crippen LogP contribution is -2.03. The van der Waals surface area contributed by atoms with Crippen LogP contribution < -0.4 is 0 Å². The van der Waals surface area contributed by atoms with E-state index >= 15 is 0 Å². The van der Waals surface area contributed by atoms with Crippen LogP contribution in [-0.4, -0.2) is 23.4 Å². The van der Waals surface area contributed by atoms with Gasteiger partial charge in [-0.2, -0.15) is 0 Å². The predicted molar refractivity (Wildman–Crippen MR) is 126 cm³/mol. The number of para-hydroxylation sites is 1. The van der Waals surface area contributed by atoms with Crippen LogP contribution in [0.25, 0.3) is 27.6 Å². The number of halogens is 1. The molecule has 1 amide bonds. The molecule has 0 unspecified atom stereocenters. The standard InChI is InChI=1S/C27H21FN2O2/c1-17(24(31)16-9-18-7-14-21(28)15-8-18)19-10-12-20(13-11-19)25-22-5-3-4-6-23(22)30-26(25)27(32)29-2/h3-8,10-15,30H,1-2,9,16H2. The van der Waals surface area contributed by atoms with Gasteiger partial charge in [-0.1, -0.05) is 61.2 Å². The van der Waals surface area contributed by atoms with E-state index in [1.54, 1.807) is 12.1 Å². The maximum Gasteiger partial charge on any atom is 0.293 e.